The number of carbonyl (C=O) groups excluding carboxylic acids is 1. The number of rotatable bonds is 4. The first kappa shape index (κ1) is 13.3. The lowest BCUT2D eigenvalue weighted by atomic mass is 10.2. The van der Waals surface area contributed by atoms with Gasteiger partial charge in [-0.05, 0) is 19.1 Å². The summed E-state index contributed by atoms with van der Waals surface area (Å²) in [5.74, 6) is 0.209. The molecule has 1 N–H and O–H groups in total. The number of anilines is 1. The molecule has 2 rings (SSSR count). The van der Waals surface area contributed by atoms with Crippen LogP contribution in [0.25, 0.3) is 0 Å². The Bertz CT molecular complexity index is 572. The smallest absolute Gasteiger partial charge is 0.257 e. The molecule has 6 heteroatoms. The Labute approximate surface area is 115 Å². The summed E-state index contributed by atoms with van der Waals surface area (Å²) in [4.78, 5) is 19.8. The summed E-state index contributed by atoms with van der Waals surface area (Å²) in [5.41, 5.74) is 0.937. The van der Waals surface area contributed by atoms with Crippen molar-refractivity contribution in [1.82, 2.24) is 9.97 Å². The van der Waals surface area contributed by atoms with Crippen LogP contribution in [0.1, 0.15) is 17.3 Å². The van der Waals surface area contributed by atoms with Crippen molar-refractivity contribution in [3.63, 3.8) is 0 Å². The van der Waals surface area contributed by atoms with Crippen molar-refractivity contribution in [2.45, 2.75) is 6.92 Å². The molecule has 0 atom stereocenters. The van der Waals surface area contributed by atoms with Crippen LogP contribution in [0.4, 0.5) is 5.69 Å². The summed E-state index contributed by atoms with van der Waals surface area (Å²) >= 11 is 5.89. The summed E-state index contributed by atoms with van der Waals surface area (Å²) in [7, 11) is 0. The average molecular weight is 278 g/mol. The Morgan fingerprint density at radius 3 is 2.84 bits per heavy atom. The molecule has 5 nitrogen and oxygen atoms in total. The number of hydrogen-bond donors (Lipinski definition) is 1. The van der Waals surface area contributed by atoms with Crippen LogP contribution in [0, 0.1) is 0 Å². The second kappa shape index (κ2) is 6.15. The first-order chi connectivity index (χ1) is 9.20. The van der Waals surface area contributed by atoms with E-state index in [0.29, 0.717) is 28.8 Å². The fourth-order valence-electron chi connectivity index (χ4n) is 1.45. The highest BCUT2D eigenvalue weighted by molar-refractivity contribution is 6.34. The lowest BCUT2D eigenvalue weighted by Crippen LogP contribution is -2.12. The van der Waals surface area contributed by atoms with E-state index in [1.807, 2.05) is 6.92 Å². The van der Waals surface area contributed by atoms with E-state index in [1.165, 1.54) is 18.6 Å². The van der Waals surface area contributed by atoms with Crippen LogP contribution in [-0.4, -0.2) is 22.5 Å². The van der Waals surface area contributed by atoms with Gasteiger partial charge in [0.15, 0.2) is 0 Å². The third-order valence-electron chi connectivity index (χ3n) is 2.30. The Morgan fingerprint density at radius 1 is 1.37 bits per heavy atom. The van der Waals surface area contributed by atoms with Gasteiger partial charge in [-0.2, -0.15) is 0 Å². The number of hydrogen-bond acceptors (Lipinski definition) is 4. The second-order valence-electron chi connectivity index (χ2n) is 3.63. The lowest BCUT2D eigenvalue weighted by Gasteiger charge is -2.07. The Morgan fingerprint density at radius 2 is 2.21 bits per heavy atom. The van der Waals surface area contributed by atoms with Gasteiger partial charge in [-0.3, -0.25) is 9.78 Å². The highest BCUT2D eigenvalue weighted by atomic mass is 35.5. The van der Waals surface area contributed by atoms with Gasteiger partial charge in [0, 0.05) is 18.5 Å². The number of ether oxygens (including phenoxy) is 1. The maximum absolute atomic E-state index is 12.0. The number of pyridine rings is 2. The Kier molecular flexibility index (Phi) is 4.30. The summed E-state index contributed by atoms with van der Waals surface area (Å²) < 4.78 is 5.22. The van der Waals surface area contributed by atoms with E-state index in [0.717, 1.165) is 0 Å². The third kappa shape index (κ3) is 3.42. The largest absolute Gasteiger partial charge is 0.478 e. The molecule has 0 bridgehead atoms. The fraction of sp³-hybridized carbons (Fsp3) is 0.154. The van der Waals surface area contributed by atoms with Gasteiger partial charge in [0.1, 0.15) is 0 Å². The van der Waals surface area contributed by atoms with E-state index in [9.17, 15) is 4.79 Å². The molecule has 1 amide bonds. The topological polar surface area (TPSA) is 64.1 Å². The minimum atomic E-state index is -0.307. The van der Waals surface area contributed by atoms with Crippen molar-refractivity contribution in [1.29, 1.82) is 0 Å². The molecule has 0 aliphatic heterocycles. The number of aromatic nitrogens is 2. The molecule has 0 saturated heterocycles. The summed E-state index contributed by atoms with van der Waals surface area (Å²) in [6, 6.07) is 4.96. The normalized spacial score (nSPS) is 10.0. The maximum atomic E-state index is 12.0. The highest BCUT2D eigenvalue weighted by Crippen LogP contribution is 2.16. The minimum absolute atomic E-state index is 0.305. The molecule has 98 valence electrons. The van der Waals surface area contributed by atoms with Crippen LogP contribution >= 0.6 is 11.6 Å². The average Bonchev–Trinajstić information content (AvgIpc) is 2.42. The van der Waals surface area contributed by atoms with Crippen LogP contribution in [0.3, 0.4) is 0 Å². The molecular formula is C13H12ClN3O2. The predicted molar refractivity (Wildman–Crippen MR) is 72.6 cm³/mol. The summed E-state index contributed by atoms with van der Waals surface area (Å²) in [5, 5.41) is 3.00. The van der Waals surface area contributed by atoms with Gasteiger partial charge in [0.2, 0.25) is 5.88 Å². The van der Waals surface area contributed by atoms with Gasteiger partial charge in [-0.15, -0.1) is 0 Å². The van der Waals surface area contributed by atoms with Crippen LogP contribution in [0.5, 0.6) is 5.88 Å². The van der Waals surface area contributed by atoms with E-state index >= 15 is 0 Å². The van der Waals surface area contributed by atoms with Crippen molar-refractivity contribution in [2.24, 2.45) is 0 Å². The molecule has 0 fully saturated rings. The van der Waals surface area contributed by atoms with E-state index in [-0.39, 0.29) is 5.91 Å². The third-order valence-corrected chi connectivity index (χ3v) is 2.60. The quantitative estimate of drug-likeness (QED) is 0.933. The SMILES string of the molecule is CCOc1ccc(NC(=O)c2ccncc2Cl)cn1. The van der Waals surface area contributed by atoms with Gasteiger partial charge in [0.25, 0.3) is 5.91 Å². The highest BCUT2D eigenvalue weighted by Gasteiger charge is 2.10. The second-order valence-corrected chi connectivity index (χ2v) is 4.03. The van der Waals surface area contributed by atoms with Crippen molar-refractivity contribution in [3.8, 4) is 5.88 Å². The van der Waals surface area contributed by atoms with Crippen molar-refractivity contribution >= 4 is 23.2 Å². The zero-order chi connectivity index (χ0) is 13.7. The molecule has 0 aromatic carbocycles. The van der Waals surface area contributed by atoms with Gasteiger partial charge < -0.3 is 10.1 Å². The van der Waals surface area contributed by atoms with Crippen molar-refractivity contribution in [3.05, 3.63) is 47.4 Å². The summed E-state index contributed by atoms with van der Waals surface area (Å²) in [6.45, 7) is 2.42. The standard InChI is InChI=1S/C13H12ClN3O2/c1-2-19-12-4-3-9(7-16-12)17-13(18)10-5-6-15-8-11(10)14/h3-8H,2H2,1H3,(H,17,18). The number of halogens is 1. The fourth-order valence-corrected chi connectivity index (χ4v) is 1.65. The number of carbonyl (C=O) groups is 1. The number of nitrogens with zero attached hydrogens (tertiary/aromatic N) is 2. The molecule has 0 aliphatic rings. The maximum Gasteiger partial charge on any atom is 0.257 e. The molecule has 0 spiro atoms. The number of amides is 1. The first-order valence-corrected chi connectivity index (χ1v) is 6.08. The molecule has 0 radical (unpaired) electrons. The van der Waals surface area contributed by atoms with Crippen LogP contribution in [0.15, 0.2) is 36.8 Å². The van der Waals surface area contributed by atoms with Gasteiger partial charge in [0.05, 0.1) is 29.1 Å². The van der Waals surface area contributed by atoms with E-state index in [4.69, 9.17) is 16.3 Å². The van der Waals surface area contributed by atoms with Gasteiger partial charge in [-0.1, -0.05) is 11.6 Å². The van der Waals surface area contributed by atoms with E-state index in [2.05, 4.69) is 15.3 Å². The minimum Gasteiger partial charge on any atom is -0.478 e. The molecule has 0 saturated carbocycles. The van der Waals surface area contributed by atoms with E-state index < -0.39 is 0 Å². The molecule has 2 aromatic rings. The lowest BCUT2D eigenvalue weighted by molar-refractivity contribution is 0.102. The molecule has 0 unspecified atom stereocenters. The molecule has 2 aromatic heterocycles. The first-order valence-electron chi connectivity index (χ1n) is 5.70. The number of nitrogens with one attached hydrogen (secondary N) is 1. The molecule has 19 heavy (non-hydrogen) atoms. The van der Waals surface area contributed by atoms with Crippen molar-refractivity contribution < 1.29 is 9.53 Å². The zero-order valence-electron chi connectivity index (χ0n) is 10.3. The molecular weight excluding hydrogens is 266 g/mol. The molecule has 2 heterocycles. The monoisotopic (exact) mass is 277 g/mol. The predicted octanol–water partition coefficient (Wildman–Crippen LogP) is 2.78. The van der Waals surface area contributed by atoms with Gasteiger partial charge in [-0.25, -0.2) is 4.98 Å². The van der Waals surface area contributed by atoms with E-state index in [1.54, 1.807) is 18.2 Å². The Balaban J connectivity index is 2.09. The van der Waals surface area contributed by atoms with Crippen LogP contribution < -0.4 is 10.1 Å². The van der Waals surface area contributed by atoms with Crippen molar-refractivity contribution in [2.75, 3.05) is 11.9 Å². The Hall–Kier alpha value is -2.14. The van der Waals surface area contributed by atoms with Crippen LogP contribution in [-0.2, 0) is 0 Å². The zero-order valence-corrected chi connectivity index (χ0v) is 11.0. The van der Waals surface area contributed by atoms with Crippen LogP contribution in [0.2, 0.25) is 5.02 Å². The van der Waals surface area contributed by atoms with Gasteiger partial charge >= 0.3 is 0 Å². The summed E-state index contributed by atoms with van der Waals surface area (Å²) in [6.07, 6.45) is 4.46. The molecule has 0 aliphatic carbocycles.